The zero-order valence-electron chi connectivity index (χ0n) is 38.9. The van der Waals surface area contributed by atoms with Gasteiger partial charge in [0, 0.05) is 19.4 Å². The van der Waals surface area contributed by atoms with E-state index in [2.05, 4.69) is 130 Å². The number of ether oxygens (including phenoxy) is 3. The van der Waals surface area contributed by atoms with Crippen molar-refractivity contribution in [3.8, 4) is 0 Å². The van der Waals surface area contributed by atoms with Crippen molar-refractivity contribution >= 4 is 11.9 Å². The fraction of sp³-hybridized carbons (Fsp3) is 0.636. The number of carbonyl (C=O) groups is 2. The van der Waals surface area contributed by atoms with Crippen LogP contribution in [0.25, 0.3) is 0 Å². The van der Waals surface area contributed by atoms with Gasteiger partial charge in [-0.05, 0) is 103 Å². The Hall–Kier alpha value is -3.44. The molecule has 1 unspecified atom stereocenters. The van der Waals surface area contributed by atoms with Gasteiger partial charge in [-0.3, -0.25) is 9.59 Å². The SMILES string of the molecule is CC/C=C\C/C=C\C/C=C\C/C=C\C/C=C\CCCCOCC(COC(=O)CCCCCCCC/C=C\C/C=C\C/C=C\C/C=C\CC)OC(=O)CCCCCCCCC. The summed E-state index contributed by atoms with van der Waals surface area (Å²) in [5.74, 6) is -0.451. The van der Waals surface area contributed by atoms with Crippen molar-refractivity contribution in [2.75, 3.05) is 19.8 Å². The van der Waals surface area contributed by atoms with Crippen LogP contribution in [0, 0.1) is 0 Å². The first-order valence-corrected chi connectivity index (χ1v) is 24.4. The number of hydrogen-bond acceptors (Lipinski definition) is 5. The van der Waals surface area contributed by atoms with Gasteiger partial charge in [0.05, 0.1) is 6.61 Å². The number of esters is 2. The summed E-state index contributed by atoms with van der Waals surface area (Å²) in [5, 5.41) is 0. The molecule has 0 aromatic carbocycles. The minimum absolute atomic E-state index is 0.0545. The van der Waals surface area contributed by atoms with Crippen molar-refractivity contribution < 1.29 is 23.8 Å². The van der Waals surface area contributed by atoms with Crippen molar-refractivity contribution in [1.29, 1.82) is 0 Å². The zero-order valence-corrected chi connectivity index (χ0v) is 38.9. The molecule has 0 aliphatic carbocycles. The smallest absolute Gasteiger partial charge is 0.306 e. The topological polar surface area (TPSA) is 61.8 Å². The molecule has 0 radical (unpaired) electrons. The summed E-state index contributed by atoms with van der Waals surface area (Å²) in [6.07, 6.45) is 68.2. The van der Waals surface area contributed by atoms with Gasteiger partial charge in [-0.15, -0.1) is 0 Å². The Morgan fingerprint density at radius 3 is 1.20 bits per heavy atom. The highest BCUT2D eigenvalue weighted by molar-refractivity contribution is 5.70. The third kappa shape index (κ3) is 47.2. The van der Waals surface area contributed by atoms with Crippen LogP contribution in [0.1, 0.15) is 201 Å². The summed E-state index contributed by atoms with van der Waals surface area (Å²) in [5.41, 5.74) is 0. The molecular formula is C55H90O5. The molecule has 0 bridgehead atoms. The van der Waals surface area contributed by atoms with Crippen LogP contribution in [-0.2, 0) is 23.8 Å². The molecule has 5 nitrogen and oxygen atoms in total. The molecule has 0 rings (SSSR count). The minimum Gasteiger partial charge on any atom is -0.462 e. The molecule has 0 N–H and O–H groups in total. The third-order valence-corrected chi connectivity index (χ3v) is 9.80. The minimum atomic E-state index is -0.567. The Kier molecular flexibility index (Phi) is 47.1. The second-order valence-electron chi connectivity index (χ2n) is 15.6. The maximum absolute atomic E-state index is 12.7. The Morgan fingerprint density at radius 1 is 0.383 bits per heavy atom. The maximum atomic E-state index is 12.7. The largest absolute Gasteiger partial charge is 0.462 e. The van der Waals surface area contributed by atoms with E-state index < -0.39 is 6.10 Å². The molecule has 0 aliphatic heterocycles. The molecule has 0 aromatic rings. The summed E-state index contributed by atoms with van der Waals surface area (Å²) >= 11 is 0. The number of hydrogen-bond donors (Lipinski definition) is 0. The van der Waals surface area contributed by atoms with Crippen molar-refractivity contribution in [2.45, 2.75) is 207 Å². The van der Waals surface area contributed by atoms with E-state index in [4.69, 9.17) is 14.2 Å². The molecule has 0 saturated carbocycles. The van der Waals surface area contributed by atoms with E-state index in [1.807, 2.05) is 0 Å². The van der Waals surface area contributed by atoms with Crippen molar-refractivity contribution in [1.82, 2.24) is 0 Å². The van der Waals surface area contributed by atoms with Gasteiger partial charge < -0.3 is 14.2 Å². The summed E-state index contributed by atoms with van der Waals surface area (Å²) < 4.78 is 17.2. The number of unbranched alkanes of at least 4 members (excludes halogenated alkanes) is 14. The molecule has 60 heavy (non-hydrogen) atoms. The van der Waals surface area contributed by atoms with E-state index >= 15 is 0 Å². The van der Waals surface area contributed by atoms with Crippen LogP contribution in [0.5, 0.6) is 0 Å². The second kappa shape index (κ2) is 49.9. The molecule has 0 amide bonds. The Morgan fingerprint density at radius 2 is 0.750 bits per heavy atom. The van der Waals surface area contributed by atoms with Crippen molar-refractivity contribution in [3.63, 3.8) is 0 Å². The first kappa shape index (κ1) is 56.6. The van der Waals surface area contributed by atoms with E-state index in [-0.39, 0.29) is 25.2 Å². The van der Waals surface area contributed by atoms with Crippen molar-refractivity contribution in [3.05, 3.63) is 109 Å². The summed E-state index contributed by atoms with van der Waals surface area (Å²) in [7, 11) is 0. The Bertz CT molecular complexity index is 1210. The molecule has 0 heterocycles. The van der Waals surface area contributed by atoms with Gasteiger partial charge in [-0.25, -0.2) is 0 Å². The fourth-order valence-electron chi connectivity index (χ4n) is 6.23. The van der Waals surface area contributed by atoms with Gasteiger partial charge in [0.15, 0.2) is 6.10 Å². The Balaban J connectivity index is 4.25. The first-order valence-electron chi connectivity index (χ1n) is 24.4. The summed E-state index contributed by atoms with van der Waals surface area (Å²) in [6.45, 7) is 7.43. The van der Waals surface area contributed by atoms with Crippen LogP contribution in [0.2, 0.25) is 0 Å². The summed E-state index contributed by atoms with van der Waals surface area (Å²) in [6, 6.07) is 0. The third-order valence-electron chi connectivity index (χ3n) is 9.80. The van der Waals surface area contributed by atoms with Crippen LogP contribution in [0.4, 0.5) is 0 Å². The highest BCUT2D eigenvalue weighted by atomic mass is 16.6. The molecular weight excluding hydrogens is 741 g/mol. The monoisotopic (exact) mass is 831 g/mol. The van der Waals surface area contributed by atoms with E-state index in [0.717, 1.165) is 122 Å². The molecule has 340 valence electrons. The standard InChI is InChI=1S/C55H90O5/c1-4-7-10-13-16-18-20-22-24-26-28-29-31-33-35-37-40-42-45-48-54(56)59-52-53(60-55(57)49-46-43-39-15-12-9-6-3)51-58-50-47-44-41-38-36-34-32-30-27-25-23-21-19-17-14-11-8-5-2/h7-8,10-11,16-19,22-25,28-30,32,36,38,53H,4-6,9,12-15,20-21,26-27,31,33-35,37,39-52H2,1-3H3/b10-7-,11-8-,18-16-,19-17-,24-22-,25-23-,29-28-,32-30-,38-36-. The van der Waals surface area contributed by atoms with Gasteiger partial charge in [0.2, 0.25) is 0 Å². The summed E-state index contributed by atoms with van der Waals surface area (Å²) in [4.78, 5) is 25.2. The number of rotatable bonds is 43. The molecule has 5 heteroatoms. The van der Waals surface area contributed by atoms with Gasteiger partial charge in [-0.1, -0.05) is 194 Å². The van der Waals surface area contributed by atoms with Gasteiger partial charge in [-0.2, -0.15) is 0 Å². The van der Waals surface area contributed by atoms with E-state index in [9.17, 15) is 9.59 Å². The number of carbonyl (C=O) groups excluding carboxylic acids is 2. The molecule has 0 saturated heterocycles. The lowest BCUT2D eigenvalue weighted by molar-refractivity contribution is -0.163. The van der Waals surface area contributed by atoms with Gasteiger partial charge >= 0.3 is 11.9 Å². The fourth-order valence-corrected chi connectivity index (χ4v) is 6.23. The lowest BCUT2D eigenvalue weighted by Gasteiger charge is -2.18. The predicted octanol–water partition coefficient (Wildman–Crippen LogP) is 16.4. The quantitative estimate of drug-likeness (QED) is 0.0348. The maximum Gasteiger partial charge on any atom is 0.306 e. The van der Waals surface area contributed by atoms with Crippen LogP contribution in [-0.4, -0.2) is 37.9 Å². The molecule has 0 aliphatic rings. The van der Waals surface area contributed by atoms with E-state index in [0.29, 0.717) is 19.4 Å². The van der Waals surface area contributed by atoms with Crippen LogP contribution >= 0.6 is 0 Å². The van der Waals surface area contributed by atoms with Crippen LogP contribution in [0.15, 0.2) is 109 Å². The highest BCUT2D eigenvalue weighted by Gasteiger charge is 2.17. The average Bonchev–Trinajstić information content (AvgIpc) is 3.25. The predicted molar refractivity (Wildman–Crippen MR) is 260 cm³/mol. The molecule has 0 fully saturated rings. The normalized spacial score (nSPS) is 13.2. The lowest BCUT2D eigenvalue weighted by atomic mass is 10.1. The lowest BCUT2D eigenvalue weighted by Crippen LogP contribution is -2.30. The Labute approximate surface area is 370 Å². The van der Waals surface area contributed by atoms with Crippen LogP contribution < -0.4 is 0 Å². The molecule has 0 spiro atoms. The second-order valence-corrected chi connectivity index (χ2v) is 15.6. The first-order chi connectivity index (χ1) is 29.6. The number of allylic oxidation sites excluding steroid dienone is 18. The van der Waals surface area contributed by atoms with E-state index in [1.165, 1.54) is 44.9 Å². The van der Waals surface area contributed by atoms with Crippen molar-refractivity contribution in [2.24, 2.45) is 0 Å². The zero-order chi connectivity index (χ0) is 43.5. The molecule has 1 atom stereocenters. The van der Waals surface area contributed by atoms with Gasteiger partial charge in [0.25, 0.3) is 0 Å². The van der Waals surface area contributed by atoms with E-state index in [1.54, 1.807) is 0 Å². The molecule has 0 aromatic heterocycles. The highest BCUT2D eigenvalue weighted by Crippen LogP contribution is 2.12. The van der Waals surface area contributed by atoms with Gasteiger partial charge in [0.1, 0.15) is 6.61 Å². The average molecular weight is 831 g/mol. The van der Waals surface area contributed by atoms with Crippen LogP contribution in [0.3, 0.4) is 0 Å².